The third-order valence-corrected chi connectivity index (χ3v) is 6.50. The molecule has 1 aliphatic carbocycles. The number of hydrogen-bond acceptors (Lipinski definition) is 3. The topological polar surface area (TPSA) is 49.9 Å². The van der Waals surface area contributed by atoms with Gasteiger partial charge in [0.15, 0.2) is 0 Å². The van der Waals surface area contributed by atoms with E-state index < -0.39 is 0 Å². The number of hydrogen-bond donors (Lipinski definition) is 0. The minimum absolute atomic E-state index is 0.0852. The summed E-state index contributed by atoms with van der Waals surface area (Å²) in [7, 11) is 0. The van der Waals surface area contributed by atoms with Crippen LogP contribution >= 0.6 is 11.6 Å². The van der Waals surface area contributed by atoms with Gasteiger partial charge in [0, 0.05) is 36.1 Å². The van der Waals surface area contributed by atoms with Crippen molar-refractivity contribution in [1.82, 2.24) is 9.80 Å². The van der Waals surface area contributed by atoms with E-state index >= 15 is 0 Å². The summed E-state index contributed by atoms with van der Waals surface area (Å²) >= 11 is 6.30. The molecule has 6 heteroatoms. The molecule has 1 aromatic carbocycles. The van der Waals surface area contributed by atoms with E-state index in [4.69, 9.17) is 16.3 Å². The fraction of sp³-hybridized carbons (Fsp3) is 0.619. The van der Waals surface area contributed by atoms with Crippen molar-refractivity contribution < 1.29 is 14.3 Å². The van der Waals surface area contributed by atoms with Crippen LogP contribution in [0, 0.1) is 5.92 Å². The molecule has 0 aromatic heterocycles. The summed E-state index contributed by atoms with van der Waals surface area (Å²) in [6, 6.07) is 7.96. The van der Waals surface area contributed by atoms with Crippen LogP contribution in [0.25, 0.3) is 0 Å². The molecule has 1 saturated carbocycles. The highest BCUT2D eigenvalue weighted by atomic mass is 35.5. The fourth-order valence-electron chi connectivity index (χ4n) is 4.67. The average Bonchev–Trinajstić information content (AvgIpc) is 3.10. The number of likely N-dealkylation sites (tertiary alicyclic amines) is 1. The number of nitrogens with zero attached hydrogens (tertiary/aromatic N) is 2. The van der Waals surface area contributed by atoms with E-state index in [1.807, 2.05) is 34.1 Å². The predicted molar refractivity (Wildman–Crippen MR) is 103 cm³/mol. The van der Waals surface area contributed by atoms with Gasteiger partial charge in [0.1, 0.15) is 6.10 Å². The van der Waals surface area contributed by atoms with Crippen molar-refractivity contribution >= 4 is 23.4 Å². The van der Waals surface area contributed by atoms with Crippen LogP contribution in [0.2, 0.25) is 5.02 Å². The highest BCUT2D eigenvalue weighted by Crippen LogP contribution is 2.32. The van der Waals surface area contributed by atoms with Gasteiger partial charge < -0.3 is 14.5 Å². The standard InChI is InChI=1S/C21H27ClN2O3/c22-18-9-5-4-8-17(18)19-14-23(10-11-27-19)21(26)15-12-20(25)24(13-15)16-6-2-1-3-7-16/h4-5,8-9,15-16,19H,1-3,6-7,10-14H2. The molecule has 5 nitrogen and oxygen atoms in total. The molecule has 2 amide bonds. The molecule has 0 radical (unpaired) electrons. The van der Waals surface area contributed by atoms with Crippen molar-refractivity contribution in [3.63, 3.8) is 0 Å². The number of carbonyl (C=O) groups is 2. The molecule has 0 spiro atoms. The Morgan fingerprint density at radius 3 is 2.67 bits per heavy atom. The monoisotopic (exact) mass is 390 g/mol. The smallest absolute Gasteiger partial charge is 0.228 e. The molecule has 2 saturated heterocycles. The highest BCUT2D eigenvalue weighted by molar-refractivity contribution is 6.31. The quantitative estimate of drug-likeness (QED) is 0.794. The molecular formula is C21H27ClN2O3. The van der Waals surface area contributed by atoms with E-state index in [-0.39, 0.29) is 23.8 Å². The Hall–Kier alpha value is -1.59. The number of rotatable bonds is 3. The Morgan fingerprint density at radius 2 is 1.89 bits per heavy atom. The highest BCUT2D eigenvalue weighted by Gasteiger charge is 2.40. The van der Waals surface area contributed by atoms with E-state index in [1.165, 1.54) is 19.3 Å². The van der Waals surface area contributed by atoms with E-state index in [0.29, 0.717) is 43.7 Å². The maximum absolute atomic E-state index is 13.1. The molecule has 4 rings (SSSR count). The van der Waals surface area contributed by atoms with Crippen molar-refractivity contribution in [2.75, 3.05) is 26.2 Å². The van der Waals surface area contributed by atoms with Crippen LogP contribution in [0.5, 0.6) is 0 Å². The Morgan fingerprint density at radius 1 is 1.11 bits per heavy atom. The molecule has 1 aromatic rings. The third-order valence-electron chi connectivity index (χ3n) is 6.15. The average molecular weight is 391 g/mol. The second-order valence-electron chi connectivity index (χ2n) is 7.90. The lowest BCUT2D eigenvalue weighted by Crippen LogP contribution is -2.46. The summed E-state index contributed by atoms with van der Waals surface area (Å²) in [6.07, 6.45) is 5.95. The summed E-state index contributed by atoms with van der Waals surface area (Å²) < 4.78 is 5.87. The van der Waals surface area contributed by atoms with Crippen LogP contribution in [0.1, 0.15) is 50.2 Å². The molecule has 3 fully saturated rings. The van der Waals surface area contributed by atoms with E-state index in [2.05, 4.69) is 0 Å². The van der Waals surface area contributed by atoms with Gasteiger partial charge in [-0.25, -0.2) is 0 Å². The van der Waals surface area contributed by atoms with Gasteiger partial charge in [0.25, 0.3) is 0 Å². The first-order valence-electron chi connectivity index (χ1n) is 10.1. The minimum Gasteiger partial charge on any atom is -0.370 e. The summed E-state index contributed by atoms with van der Waals surface area (Å²) in [6.45, 7) is 2.15. The zero-order valence-corrected chi connectivity index (χ0v) is 16.4. The second kappa shape index (κ2) is 8.19. The van der Waals surface area contributed by atoms with Crippen LogP contribution in [-0.4, -0.2) is 53.9 Å². The number of carbonyl (C=O) groups excluding carboxylic acids is 2. The summed E-state index contributed by atoms with van der Waals surface area (Å²) in [5, 5.41) is 0.663. The van der Waals surface area contributed by atoms with Crippen molar-refractivity contribution in [2.24, 2.45) is 5.92 Å². The molecule has 3 aliphatic rings. The lowest BCUT2D eigenvalue weighted by molar-refractivity contribution is -0.143. The van der Waals surface area contributed by atoms with Crippen molar-refractivity contribution in [1.29, 1.82) is 0 Å². The van der Waals surface area contributed by atoms with Crippen molar-refractivity contribution in [3.05, 3.63) is 34.9 Å². The Kier molecular flexibility index (Phi) is 5.69. The molecule has 0 bridgehead atoms. The first-order chi connectivity index (χ1) is 13.1. The molecular weight excluding hydrogens is 364 g/mol. The lowest BCUT2D eigenvalue weighted by atomic mass is 9.94. The van der Waals surface area contributed by atoms with Crippen LogP contribution in [0.15, 0.2) is 24.3 Å². The SMILES string of the molecule is O=C(C1CC(=O)N(C2CCCCC2)C1)N1CCOC(c2ccccc2Cl)C1. The predicted octanol–water partition coefficient (Wildman–Crippen LogP) is 3.42. The third kappa shape index (κ3) is 3.99. The molecule has 2 atom stereocenters. The number of ether oxygens (including phenoxy) is 1. The number of morpholine rings is 1. The van der Waals surface area contributed by atoms with Gasteiger partial charge in [-0.05, 0) is 18.9 Å². The molecule has 0 N–H and O–H groups in total. The summed E-state index contributed by atoms with van der Waals surface area (Å²) in [4.78, 5) is 29.5. The first kappa shape index (κ1) is 18.8. The second-order valence-corrected chi connectivity index (χ2v) is 8.31. The fourth-order valence-corrected chi connectivity index (χ4v) is 4.93. The Labute approximate surface area is 165 Å². The number of halogens is 1. The lowest BCUT2D eigenvalue weighted by Gasteiger charge is -2.35. The van der Waals surface area contributed by atoms with Gasteiger partial charge in [-0.2, -0.15) is 0 Å². The molecule has 2 unspecified atom stereocenters. The van der Waals surface area contributed by atoms with E-state index in [0.717, 1.165) is 18.4 Å². The van der Waals surface area contributed by atoms with Gasteiger partial charge in [0.2, 0.25) is 11.8 Å². The molecule has 146 valence electrons. The minimum atomic E-state index is -0.218. The Balaban J connectivity index is 1.40. The van der Waals surface area contributed by atoms with Crippen LogP contribution < -0.4 is 0 Å². The van der Waals surface area contributed by atoms with Crippen LogP contribution in [0.3, 0.4) is 0 Å². The largest absolute Gasteiger partial charge is 0.370 e. The summed E-state index contributed by atoms with van der Waals surface area (Å²) in [5.74, 6) is 0.0163. The normalized spacial score (nSPS) is 27.2. The van der Waals surface area contributed by atoms with Gasteiger partial charge in [-0.15, -0.1) is 0 Å². The summed E-state index contributed by atoms with van der Waals surface area (Å²) in [5.41, 5.74) is 0.919. The molecule has 27 heavy (non-hydrogen) atoms. The zero-order chi connectivity index (χ0) is 18.8. The molecule has 2 aliphatic heterocycles. The zero-order valence-electron chi connectivity index (χ0n) is 15.6. The van der Waals surface area contributed by atoms with Gasteiger partial charge in [-0.1, -0.05) is 49.1 Å². The number of amides is 2. The van der Waals surface area contributed by atoms with Crippen molar-refractivity contribution in [2.45, 2.75) is 50.7 Å². The first-order valence-corrected chi connectivity index (χ1v) is 10.5. The van der Waals surface area contributed by atoms with Gasteiger partial charge >= 0.3 is 0 Å². The van der Waals surface area contributed by atoms with Crippen LogP contribution in [0.4, 0.5) is 0 Å². The van der Waals surface area contributed by atoms with E-state index in [9.17, 15) is 9.59 Å². The number of benzene rings is 1. The van der Waals surface area contributed by atoms with Crippen molar-refractivity contribution in [3.8, 4) is 0 Å². The molecule has 2 heterocycles. The van der Waals surface area contributed by atoms with E-state index in [1.54, 1.807) is 0 Å². The maximum atomic E-state index is 13.1. The maximum Gasteiger partial charge on any atom is 0.228 e. The van der Waals surface area contributed by atoms with Gasteiger partial charge in [-0.3, -0.25) is 9.59 Å². The van der Waals surface area contributed by atoms with Gasteiger partial charge in [0.05, 0.1) is 19.1 Å². The Bertz CT molecular complexity index is 704. The van der Waals surface area contributed by atoms with Crippen LogP contribution in [-0.2, 0) is 14.3 Å².